The number of ether oxygens (including phenoxy) is 1. The van der Waals surface area contributed by atoms with E-state index in [0.29, 0.717) is 6.20 Å². The standard InChI is InChI=1S/C8H4ClF6NO/c9-5-2-1-4(3-16-5)17-8(14,15)6(10)7(11,12)13/h1-3,6H. The molecule has 96 valence electrons. The summed E-state index contributed by atoms with van der Waals surface area (Å²) in [6, 6.07) is 1.85. The van der Waals surface area contributed by atoms with E-state index in [1.807, 2.05) is 0 Å². The number of hydrogen-bond acceptors (Lipinski definition) is 2. The Morgan fingerprint density at radius 3 is 2.18 bits per heavy atom. The molecule has 1 aromatic rings. The van der Waals surface area contributed by atoms with Crippen LogP contribution in [0.4, 0.5) is 26.3 Å². The highest BCUT2D eigenvalue weighted by Gasteiger charge is 2.59. The largest absolute Gasteiger partial charge is 0.439 e. The van der Waals surface area contributed by atoms with Crippen LogP contribution in [0.3, 0.4) is 0 Å². The van der Waals surface area contributed by atoms with Gasteiger partial charge in [-0.3, -0.25) is 0 Å². The molecule has 1 rings (SSSR count). The minimum atomic E-state index is -5.72. The van der Waals surface area contributed by atoms with Crippen LogP contribution in [0.25, 0.3) is 0 Å². The van der Waals surface area contributed by atoms with Crippen molar-refractivity contribution in [3.05, 3.63) is 23.5 Å². The topological polar surface area (TPSA) is 22.1 Å². The van der Waals surface area contributed by atoms with Crippen LogP contribution in [0.1, 0.15) is 0 Å². The number of aromatic nitrogens is 1. The van der Waals surface area contributed by atoms with Gasteiger partial charge in [0.25, 0.3) is 6.17 Å². The van der Waals surface area contributed by atoms with E-state index in [2.05, 4.69) is 9.72 Å². The van der Waals surface area contributed by atoms with Crippen molar-refractivity contribution in [1.82, 2.24) is 4.98 Å². The molecule has 9 heteroatoms. The average molecular weight is 280 g/mol. The van der Waals surface area contributed by atoms with E-state index in [9.17, 15) is 26.3 Å². The normalized spacial score (nSPS) is 14.5. The number of halogens is 7. The Morgan fingerprint density at radius 2 is 1.76 bits per heavy atom. The Balaban J connectivity index is 2.82. The van der Waals surface area contributed by atoms with Crippen molar-refractivity contribution < 1.29 is 31.1 Å². The van der Waals surface area contributed by atoms with Crippen molar-refractivity contribution in [3.8, 4) is 5.75 Å². The third kappa shape index (κ3) is 3.65. The van der Waals surface area contributed by atoms with E-state index in [0.717, 1.165) is 12.1 Å². The molecular formula is C8H4ClF6NO. The van der Waals surface area contributed by atoms with E-state index < -0.39 is 24.2 Å². The van der Waals surface area contributed by atoms with Gasteiger partial charge in [0.2, 0.25) is 0 Å². The van der Waals surface area contributed by atoms with E-state index in [1.165, 1.54) is 0 Å². The number of hydrogen-bond donors (Lipinski definition) is 0. The quantitative estimate of drug-likeness (QED) is 0.623. The maximum Gasteiger partial charge on any atom is 0.439 e. The van der Waals surface area contributed by atoms with Crippen LogP contribution in [-0.2, 0) is 0 Å². The van der Waals surface area contributed by atoms with Crippen LogP contribution < -0.4 is 4.74 Å². The van der Waals surface area contributed by atoms with Gasteiger partial charge in [-0.2, -0.15) is 22.0 Å². The summed E-state index contributed by atoms with van der Waals surface area (Å²) in [5.41, 5.74) is 0. The minimum Gasteiger partial charge on any atom is -0.428 e. The second kappa shape index (κ2) is 4.59. The molecule has 1 heterocycles. The van der Waals surface area contributed by atoms with E-state index >= 15 is 0 Å². The number of pyridine rings is 1. The molecule has 0 radical (unpaired) electrons. The van der Waals surface area contributed by atoms with Gasteiger partial charge in [0.15, 0.2) is 0 Å². The Morgan fingerprint density at radius 1 is 1.18 bits per heavy atom. The van der Waals surface area contributed by atoms with Crippen LogP contribution in [0.2, 0.25) is 5.15 Å². The molecule has 0 aliphatic rings. The fourth-order valence-corrected chi connectivity index (χ4v) is 0.934. The molecule has 17 heavy (non-hydrogen) atoms. The maximum atomic E-state index is 12.7. The highest BCUT2D eigenvalue weighted by molar-refractivity contribution is 6.29. The summed E-state index contributed by atoms with van der Waals surface area (Å²) in [5.74, 6) is -0.730. The molecule has 0 saturated heterocycles. The zero-order valence-electron chi connectivity index (χ0n) is 7.81. The lowest BCUT2D eigenvalue weighted by Gasteiger charge is -2.22. The van der Waals surface area contributed by atoms with E-state index in [-0.39, 0.29) is 5.15 Å². The molecule has 0 N–H and O–H groups in total. The molecular weight excluding hydrogens is 276 g/mol. The molecule has 0 aliphatic carbocycles. The molecule has 0 aromatic carbocycles. The lowest BCUT2D eigenvalue weighted by molar-refractivity contribution is -0.305. The van der Waals surface area contributed by atoms with Crippen LogP contribution in [-0.4, -0.2) is 23.4 Å². The van der Waals surface area contributed by atoms with Gasteiger partial charge >= 0.3 is 12.3 Å². The van der Waals surface area contributed by atoms with Crippen LogP contribution in [0.15, 0.2) is 18.3 Å². The summed E-state index contributed by atoms with van der Waals surface area (Å²) in [6.07, 6.45) is -14.5. The minimum absolute atomic E-state index is 0.0757. The summed E-state index contributed by atoms with van der Waals surface area (Å²) in [6.45, 7) is 0. The van der Waals surface area contributed by atoms with E-state index in [4.69, 9.17) is 11.6 Å². The summed E-state index contributed by atoms with van der Waals surface area (Å²) in [4.78, 5) is 3.29. The van der Waals surface area contributed by atoms with Gasteiger partial charge in [-0.1, -0.05) is 11.6 Å². The first-order valence-corrected chi connectivity index (χ1v) is 4.40. The molecule has 0 bridgehead atoms. The molecule has 0 amide bonds. The fourth-order valence-electron chi connectivity index (χ4n) is 0.822. The Bertz CT molecular complexity index is 379. The SMILES string of the molecule is FC(C(F)(F)F)C(F)(F)Oc1ccc(Cl)nc1. The molecule has 1 unspecified atom stereocenters. The van der Waals surface area contributed by atoms with Crippen molar-refractivity contribution in [2.24, 2.45) is 0 Å². The average Bonchev–Trinajstić information content (AvgIpc) is 2.19. The predicted octanol–water partition coefficient (Wildman–Crippen LogP) is 3.61. The van der Waals surface area contributed by atoms with Crippen molar-refractivity contribution in [2.75, 3.05) is 0 Å². The second-order valence-electron chi connectivity index (χ2n) is 2.88. The van der Waals surface area contributed by atoms with Crippen molar-refractivity contribution in [1.29, 1.82) is 0 Å². The van der Waals surface area contributed by atoms with E-state index in [1.54, 1.807) is 0 Å². The first kappa shape index (κ1) is 13.9. The zero-order chi connectivity index (χ0) is 13.3. The van der Waals surface area contributed by atoms with Crippen LogP contribution in [0, 0.1) is 0 Å². The molecule has 2 nitrogen and oxygen atoms in total. The summed E-state index contributed by atoms with van der Waals surface area (Å²) < 4.78 is 76.7. The highest BCUT2D eigenvalue weighted by Crippen LogP contribution is 2.36. The molecule has 1 atom stereocenters. The molecule has 0 aliphatic heterocycles. The Kier molecular flexibility index (Phi) is 3.75. The van der Waals surface area contributed by atoms with Crippen molar-refractivity contribution in [3.63, 3.8) is 0 Å². The van der Waals surface area contributed by atoms with Gasteiger partial charge < -0.3 is 4.74 Å². The first-order chi connectivity index (χ1) is 7.63. The summed E-state index contributed by atoms with van der Waals surface area (Å²) in [7, 11) is 0. The molecule has 0 spiro atoms. The van der Waals surface area contributed by atoms with Gasteiger partial charge in [0, 0.05) is 0 Å². The third-order valence-corrected chi connectivity index (χ3v) is 1.76. The number of nitrogens with zero attached hydrogens (tertiary/aromatic N) is 1. The maximum absolute atomic E-state index is 12.7. The van der Waals surface area contributed by atoms with Gasteiger partial charge in [0.1, 0.15) is 10.9 Å². The van der Waals surface area contributed by atoms with Crippen molar-refractivity contribution >= 4 is 11.6 Å². The first-order valence-electron chi connectivity index (χ1n) is 4.02. The van der Waals surface area contributed by atoms with Gasteiger partial charge in [-0.15, -0.1) is 0 Å². The van der Waals surface area contributed by atoms with Gasteiger partial charge in [-0.05, 0) is 12.1 Å². The Labute approximate surface area is 96.2 Å². The summed E-state index contributed by atoms with van der Waals surface area (Å²) in [5, 5.41) is -0.0757. The van der Waals surface area contributed by atoms with Crippen molar-refractivity contribution in [2.45, 2.75) is 18.5 Å². The lowest BCUT2D eigenvalue weighted by Crippen LogP contribution is -2.45. The second-order valence-corrected chi connectivity index (χ2v) is 3.27. The number of alkyl halides is 6. The van der Waals surface area contributed by atoms with Crippen LogP contribution >= 0.6 is 11.6 Å². The Hall–Kier alpha value is -1.18. The van der Waals surface area contributed by atoms with Gasteiger partial charge in [0.05, 0.1) is 6.20 Å². The highest BCUT2D eigenvalue weighted by atomic mass is 35.5. The van der Waals surface area contributed by atoms with Crippen LogP contribution in [0.5, 0.6) is 5.75 Å². The number of rotatable bonds is 3. The predicted molar refractivity (Wildman–Crippen MR) is 45.8 cm³/mol. The fraction of sp³-hybridized carbons (Fsp3) is 0.375. The zero-order valence-corrected chi connectivity index (χ0v) is 8.57. The summed E-state index contributed by atoms with van der Waals surface area (Å²) >= 11 is 5.31. The third-order valence-electron chi connectivity index (χ3n) is 1.54. The lowest BCUT2D eigenvalue weighted by atomic mass is 10.3. The van der Waals surface area contributed by atoms with Gasteiger partial charge in [-0.25, -0.2) is 9.37 Å². The smallest absolute Gasteiger partial charge is 0.428 e. The monoisotopic (exact) mass is 279 g/mol. The molecule has 0 saturated carbocycles. The molecule has 1 aromatic heterocycles. The molecule has 0 fully saturated rings.